The highest BCUT2D eigenvalue weighted by molar-refractivity contribution is 5.89. The van der Waals surface area contributed by atoms with Gasteiger partial charge in [-0.1, -0.05) is 24.3 Å². The Morgan fingerprint density at radius 3 is 2.47 bits per heavy atom. The average Bonchev–Trinajstić information content (AvgIpc) is 2.37. The highest BCUT2D eigenvalue weighted by Gasteiger charge is 2.04. The van der Waals surface area contributed by atoms with Gasteiger partial charge in [0.25, 0.3) is 0 Å². The van der Waals surface area contributed by atoms with Gasteiger partial charge in [0.2, 0.25) is 0 Å². The summed E-state index contributed by atoms with van der Waals surface area (Å²) in [5, 5.41) is 14.0. The van der Waals surface area contributed by atoms with Gasteiger partial charge in [-0.3, -0.25) is 0 Å². The molecule has 0 radical (unpaired) electrons. The van der Waals surface area contributed by atoms with Crippen molar-refractivity contribution >= 4 is 17.7 Å². The van der Waals surface area contributed by atoms with Crippen LogP contribution in [0.4, 0.5) is 10.5 Å². The number of hydrogen-bond donors (Lipinski definition) is 3. The first-order valence-corrected chi connectivity index (χ1v) is 6.01. The molecule has 19 heavy (non-hydrogen) atoms. The molecule has 5 heteroatoms. The molecule has 3 N–H and O–H groups in total. The number of urea groups is 1. The van der Waals surface area contributed by atoms with Crippen LogP contribution in [-0.2, 0) is 4.79 Å². The van der Waals surface area contributed by atoms with Gasteiger partial charge in [-0.05, 0) is 31.9 Å². The van der Waals surface area contributed by atoms with Crippen molar-refractivity contribution in [3.05, 3.63) is 42.0 Å². The third-order valence-electron chi connectivity index (χ3n) is 2.55. The van der Waals surface area contributed by atoms with Crippen LogP contribution >= 0.6 is 0 Å². The van der Waals surface area contributed by atoms with E-state index < -0.39 is 5.97 Å². The lowest BCUT2D eigenvalue weighted by Gasteiger charge is -2.07. The van der Waals surface area contributed by atoms with Gasteiger partial charge < -0.3 is 15.7 Å². The number of carboxylic acid groups (broad SMARTS) is 1. The van der Waals surface area contributed by atoms with Crippen LogP contribution < -0.4 is 10.6 Å². The third-order valence-corrected chi connectivity index (χ3v) is 2.55. The molecule has 0 saturated heterocycles. The number of hydrogen-bond acceptors (Lipinski definition) is 2. The molecule has 0 aliphatic heterocycles. The monoisotopic (exact) mass is 262 g/mol. The van der Waals surface area contributed by atoms with Crippen molar-refractivity contribution in [1.82, 2.24) is 5.32 Å². The molecule has 0 aliphatic carbocycles. The standard InChI is InChI=1S/C14H18N2O3/c1-10-5-7-12(8-6-10)16-14(19)15-9-3-4-11(2)13(17)18/h5-8H,2-4,9H2,1H3,(H,17,18)(H2,15,16,19). The predicted octanol–water partition coefficient (Wildman–Crippen LogP) is 2.54. The second-order valence-corrected chi connectivity index (χ2v) is 4.26. The number of anilines is 1. The Kier molecular flexibility index (Phi) is 5.60. The first-order valence-electron chi connectivity index (χ1n) is 6.01. The normalized spacial score (nSPS) is 9.74. The van der Waals surface area contributed by atoms with Gasteiger partial charge in [-0.2, -0.15) is 0 Å². The maximum absolute atomic E-state index is 11.5. The first-order chi connectivity index (χ1) is 8.99. The van der Waals surface area contributed by atoms with E-state index in [9.17, 15) is 9.59 Å². The summed E-state index contributed by atoms with van der Waals surface area (Å²) in [4.78, 5) is 22.0. The van der Waals surface area contributed by atoms with Crippen LogP contribution in [0, 0.1) is 6.92 Å². The number of carbonyl (C=O) groups is 2. The van der Waals surface area contributed by atoms with Gasteiger partial charge in [0.05, 0.1) is 0 Å². The van der Waals surface area contributed by atoms with Gasteiger partial charge >= 0.3 is 12.0 Å². The highest BCUT2D eigenvalue weighted by Crippen LogP contribution is 2.08. The number of benzene rings is 1. The molecule has 2 amide bonds. The van der Waals surface area contributed by atoms with E-state index in [1.54, 1.807) is 0 Å². The maximum atomic E-state index is 11.5. The number of carboxylic acids is 1. The van der Waals surface area contributed by atoms with Crippen molar-refractivity contribution in [2.24, 2.45) is 0 Å². The summed E-state index contributed by atoms with van der Waals surface area (Å²) in [5.41, 5.74) is 2.00. The molecule has 0 fully saturated rings. The summed E-state index contributed by atoms with van der Waals surface area (Å²) in [7, 11) is 0. The van der Waals surface area contributed by atoms with E-state index in [1.807, 2.05) is 31.2 Å². The molecule has 0 spiro atoms. The van der Waals surface area contributed by atoms with Crippen molar-refractivity contribution in [3.8, 4) is 0 Å². The van der Waals surface area contributed by atoms with E-state index >= 15 is 0 Å². The number of nitrogens with one attached hydrogen (secondary N) is 2. The summed E-state index contributed by atoms with van der Waals surface area (Å²) < 4.78 is 0. The lowest BCUT2D eigenvalue weighted by molar-refractivity contribution is -0.132. The maximum Gasteiger partial charge on any atom is 0.330 e. The number of carbonyl (C=O) groups excluding carboxylic acids is 1. The van der Waals surface area contributed by atoms with Crippen molar-refractivity contribution in [2.75, 3.05) is 11.9 Å². The molecule has 5 nitrogen and oxygen atoms in total. The van der Waals surface area contributed by atoms with Crippen LogP contribution in [0.5, 0.6) is 0 Å². The molecule has 0 heterocycles. The van der Waals surface area contributed by atoms with E-state index in [0.29, 0.717) is 19.4 Å². The first kappa shape index (κ1) is 14.8. The fourth-order valence-electron chi connectivity index (χ4n) is 1.42. The zero-order chi connectivity index (χ0) is 14.3. The Balaban J connectivity index is 2.23. The molecule has 0 aliphatic rings. The number of aryl methyl sites for hydroxylation is 1. The van der Waals surface area contributed by atoms with E-state index in [1.165, 1.54) is 0 Å². The summed E-state index contributed by atoms with van der Waals surface area (Å²) in [5.74, 6) is -0.996. The molecule has 1 aromatic rings. The second kappa shape index (κ2) is 7.20. The Labute approximate surface area is 112 Å². The fourth-order valence-corrected chi connectivity index (χ4v) is 1.42. The van der Waals surface area contributed by atoms with Crippen LogP contribution in [0.15, 0.2) is 36.4 Å². The van der Waals surface area contributed by atoms with Crippen LogP contribution in [-0.4, -0.2) is 23.7 Å². The fraction of sp³-hybridized carbons (Fsp3) is 0.286. The lowest BCUT2D eigenvalue weighted by atomic mass is 10.2. The average molecular weight is 262 g/mol. The largest absolute Gasteiger partial charge is 0.478 e. The number of rotatable bonds is 6. The molecule has 0 unspecified atom stereocenters. The van der Waals surface area contributed by atoms with Gasteiger partial charge in [0.1, 0.15) is 0 Å². The van der Waals surface area contributed by atoms with Crippen molar-refractivity contribution in [2.45, 2.75) is 19.8 Å². The highest BCUT2D eigenvalue weighted by atomic mass is 16.4. The summed E-state index contributed by atoms with van der Waals surface area (Å²) in [6.45, 7) is 5.80. The van der Waals surface area contributed by atoms with Crippen molar-refractivity contribution < 1.29 is 14.7 Å². The van der Waals surface area contributed by atoms with E-state index in [4.69, 9.17) is 5.11 Å². The molecule has 102 valence electrons. The molecular weight excluding hydrogens is 244 g/mol. The molecular formula is C14H18N2O3. The zero-order valence-electron chi connectivity index (χ0n) is 10.9. The van der Waals surface area contributed by atoms with Gasteiger partial charge in [0.15, 0.2) is 0 Å². The minimum Gasteiger partial charge on any atom is -0.478 e. The molecule has 1 aromatic carbocycles. The predicted molar refractivity (Wildman–Crippen MR) is 74.2 cm³/mol. The number of amides is 2. The molecule has 1 rings (SSSR count). The summed E-state index contributed by atoms with van der Waals surface area (Å²) in [6.07, 6.45) is 0.909. The van der Waals surface area contributed by atoms with Crippen molar-refractivity contribution in [3.63, 3.8) is 0 Å². The van der Waals surface area contributed by atoms with Gasteiger partial charge in [0, 0.05) is 17.8 Å². The minimum atomic E-state index is -0.996. The second-order valence-electron chi connectivity index (χ2n) is 4.26. The van der Waals surface area contributed by atoms with Crippen LogP contribution in [0.25, 0.3) is 0 Å². The van der Waals surface area contributed by atoms with E-state index in [-0.39, 0.29) is 11.6 Å². The van der Waals surface area contributed by atoms with Crippen LogP contribution in [0.1, 0.15) is 18.4 Å². The van der Waals surface area contributed by atoms with Crippen LogP contribution in [0.2, 0.25) is 0 Å². The zero-order valence-corrected chi connectivity index (χ0v) is 10.9. The molecule has 0 saturated carbocycles. The van der Waals surface area contributed by atoms with E-state index in [0.717, 1.165) is 11.3 Å². The quantitative estimate of drug-likeness (QED) is 0.544. The third kappa shape index (κ3) is 5.72. The molecule has 0 bridgehead atoms. The van der Waals surface area contributed by atoms with E-state index in [2.05, 4.69) is 17.2 Å². The minimum absolute atomic E-state index is 0.153. The van der Waals surface area contributed by atoms with Crippen LogP contribution in [0.3, 0.4) is 0 Å². The molecule has 0 atom stereocenters. The van der Waals surface area contributed by atoms with Gasteiger partial charge in [-0.25, -0.2) is 9.59 Å². The Hall–Kier alpha value is -2.30. The Morgan fingerprint density at radius 1 is 1.26 bits per heavy atom. The number of aliphatic carboxylic acids is 1. The van der Waals surface area contributed by atoms with Gasteiger partial charge in [-0.15, -0.1) is 0 Å². The molecule has 0 aromatic heterocycles. The summed E-state index contributed by atoms with van der Waals surface area (Å²) >= 11 is 0. The Bertz CT molecular complexity index is 466. The Morgan fingerprint density at radius 2 is 1.89 bits per heavy atom. The summed E-state index contributed by atoms with van der Waals surface area (Å²) in [6, 6.07) is 7.16. The topological polar surface area (TPSA) is 78.4 Å². The SMILES string of the molecule is C=C(CCCNC(=O)Nc1ccc(C)cc1)C(=O)O. The smallest absolute Gasteiger partial charge is 0.330 e. The lowest BCUT2D eigenvalue weighted by Crippen LogP contribution is -2.29. The van der Waals surface area contributed by atoms with Crippen molar-refractivity contribution in [1.29, 1.82) is 0 Å².